The summed E-state index contributed by atoms with van der Waals surface area (Å²) in [7, 11) is -4.05. The van der Waals surface area contributed by atoms with Crippen molar-refractivity contribution in [1.82, 2.24) is 4.31 Å². The molecule has 0 aromatic heterocycles. The predicted molar refractivity (Wildman–Crippen MR) is 49.2 cm³/mol. The second kappa shape index (κ2) is 5.88. The average Bonchev–Trinajstić information content (AvgIpc) is 2.01. The Balaban J connectivity index is 4.66. The first-order valence-electron chi connectivity index (χ1n) is 3.94. The van der Waals surface area contributed by atoms with Crippen LogP contribution in [0, 0.1) is 0 Å². The summed E-state index contributed by atoms with van der Waals surface area (Å²) in [5.41, 5.74) is 0. The average molecular weight is 270 g/mol. The van der Waals surface area contributed by atoms with Crippen molar-refractivity contribution in [3.05, 3.63) is 0 Å². The van der Waals surface area contributed by atoms with E-state index in [0.29, 0.717) is 0 Å². The monoisotopic (exact) mass is 269 g/mol. The van der Waals surface area contributed by atoms with Crippen molar-refractivity contribution in [2.24, 2.45) is 0 Å². The van der Waals surface area contributed by atoms with Crippen LogP contribution in [0.2, 0.25) is 0 Å². The van der Waals surface area contributed by atoms with E-state index in [-0.39, 0.29) is 10.2 Å². The van der Waals surface area contributed by atoms with Gasteiger partial charge in [0.2, 0.25) is 10.0 Å². The summed E-state index contributed by atoms with van der Waals surface area (Å²) >= 11 is 5.15. The number of nitrogens with zero attached hydrogens (tertiary/aromatic N) is 1. The molecule has 15 heavy (non-hydrogen) atoms. The highest BCUT2D eigenvalue weighted by atomic mass is 35.5. The lowest BCUT2D eigenvalue weighted by atomic mass is 10.6. The molecule has 0 aromatic carbocycles. The molecule has 0 atom stereocenters. The van der Waals surface area contributed by atoms with Gasteiger partial charge in [-0.15, -0.1) is 11.6 Å². The summed E-state index contributed by atoms with van der Waals surface area (Å²) in [6, 6.07) is 0. The lowest BCUT2D eigenvalue weighted by molar-refractivity contribution is -0.136. The molecule has 0 heterocycles. The Morgan fingerprint density at radius 1 is 1.33 bits per heavy atom. The molecule has 0 spiro atoms. The molecule has 0 aromatic rings. The molecule has 0 fully saturated rings. The quantitative estimate of drug-likeness (QED) is 0.711. The Morgan fingerprint density at radius 3 is 2.20 bits per heavy atom. The van der Waals surface area contributed by atoms with Gasteiger partial charge in [0.1, 0.15) is 6.54 Å². The summed E-state index contributed by atoms with van der Waals surface area (Å²) in [5.74, 6) is -0.868. The molecule has 0 rings (SSSR count). The van der Waals surface area contributed by atoms with Gasteiger partial charge in [-0.1, -0.05) is 0 Å². The molecule has 4 nitrogen and oxygen atoms in total. The molecule has 0 bridgehead atoms. The molecular weight excluding hydrogens is 259 g/mol. The van der Waals surface area contributed by atoms with Gasteiger partial charge in [-0.2, -0.15) is 17.5 Å². The summed E-state index contributed by atoms with van der Waals surface area (Å²) in [6.07, 6.45) is -4.63. The van der Waals surface area contributed by atoms with Crippen molar-refractivity contribution in [1.29, 1.82) is 0 Å². The zero-order chi connectivity index (χ0) is 12.1. The van der Waals surface area contributed by atoms with E-state index in [9.17, 15) is 21.6 Å². The molecule has 0 amide bonds. The molecule has 1 N–H and O–H groups in total. The van der Waals surface area contributed by atoms with E-state index in [0.717, 1.165) is 0 Å². The van der Waals surface area contributed by atoms with Crippen LogP contribution in [0.1, 0.15) is 0 Å². The van der Waals surface area contributed by atoms with Crippen LogP contribution in [0.5, 0.6) is 0 Å². The molecule has 0 radical (unpaired) electrons. The van der Waals surface area contributed by atoms with E-state index in [1.54, 1.807) is 0 Å². The third-order valence-electron chi connectivity index (χ3n) is 1.43. The van der Waals surface area contributed by atoms with Gasteiger partial charge in [0.25, 0.3) is 0 Å². The van der Waals surface area contributed by atoms with E-state index < -0.39 is 41.6 Å². The number of halogens is 4. The normalized spacial score (nSPS) is 13.5. The number of rotatable bonds is 6. The van der Waals surface area contributed by atoms with Crippen LogP contribution in [0.3, 0.4) is 0 Å². The zero-order valence-electron chi connectivity index (χ0n) is 7.67. The van der Waals surface area contributed by atoms with Gasteiger partial charge < -0.3 is 5.11 Å². The van der Waals surface area contributed by atoms with Crippen molar-refractivity contribution >= 4 is 21.6 Å². The number of alkyl halides is 4. The lowest BCUT2D eigenvalue weighted by Gasteiger charge is -2.21. The highest BCUT2D eigenvalue weighted by Gasteiger charge is 2.35. The van der Waals surface area contributed by atoms with Crippen molar-refractivity contribution in [3.8, 4) is 0 Å². The topological polar surface area (TPSA) is 57.6 Å². The minimum atomic E-state index is -4.63. The lowest BCUT2D eigenvalue weighted by Crippen LogP contribution is -2.42. The maximum absolute atomic E-state index is 12.0. The first-order chi connectivity index (χ1) is 6.73. The van der Waals surface area contributed by atoms with Crippen LogP contribution >= 0.6 is 11.6 Å². The Hall–Kier alpha value is -0.0500. The largest absolute Gasteiger partial charge is 0.402 e. The van der Waals surface area contributed by atoms with Crippen LogP contribution in [-0.2, 0) is 10.0 Å². The maximum Gasteiger partial charge on any atom is 0.402 e. The Bertz CT molecular complexity index is 280. The molecule has 92 valence electrons. The van der Waals surface area contributed by atoms with Crippen molar-refractivity contribution in [2.45, 2.75) is 6.18 Å². The van der Waals surface area contributed by atoms with E-state index in [2.05, 4.69) is 0 Å². The first kappa shape index (κ1) is 14.9. The highest BCUT2D eigenvalue weighted by molar-refractivity contribution is 7.89. The van der Waals surface area contributed by atoms with Crippen LogP contribution in [0.4, 0.5) is 13.2 Å². The van der Waals surface area contributed by atoms with Gasteiger partial charge in [0, 0.05) is 12.4 Å². The predicted octanol–water partition coefficient (Wildman–Crippen LogP) is 0.412. The third-order valence-corrected chi connectivity index (χ3v) is 3.67. The molecular formula is C6H11ClF3NO3S. The minimum Gasteiger partial charge on any atom is -0.395 e. The van der Waals surface area contributed by atoms with E-state index in [1.807, 2.05) is 0 Å². The number of sulfonamides is 1. The molecule has 0 aliphatic rings. The SMILES string of the molecule is O=S(=O)(CCCl)N(CCO)CC(F)(F)F. The smallest absolute Gasteiger partial charge is 0.395 e. The van der Waals surface area contributed by atoms with Gasteiger partial charge in [-0.25, -0.2) is 8.42 Å². The number of hydrogen-bond acceptors (Lipinski definition) is 3. The Kier molecular flexibility index (Phi) is 5.86. The van der Waals surface area contributed by atoms with E-state index in [4.69, 9.17) is 16.7 Å². The third kappa shape index (κ3) is 6.18. The summed E-state index contributed by atoms with van der Waals surface area (Å²) < 4.78 is 58.6. The van der Waals surface area contributed by atoms with Crippen LogP contribution in [-0.4, -0.2) is 55.3 Å². The molecule has 0 aliphatic heterocycles. The zero-order valence-corrected chi connectivity index (χ0v) is 9.24. The second-order valence-corrected chi connectivity index (χ2v) is 5.14. The fourth-order valence-electron chi connectivity index (χ4n) is 0.855. The fraction of sp³-hybridized carbons (Fsp3) is 1.00. The van der Waals surface area contributed by atoms with Gasteiger partial charge in [0.15, 0.2) is 0 Å². The molecule has 0 aliphatic carbocycles. The number of aliphatic hydroxyl groups is 1. The van der Waals surface area contributed by atoms with Gasteiger partial charge in [0.05, 0.1) is 12.4 Å². The maximum atomic E-state index is 12.0. The standard InChI is InChI=1S/C6H11ClF3NO3S/c7-1-4-15(13,14)11(2-3-12)5-6(8,9)10/h12H,1-5H2. The summed E-state index contributed by atoms with van der Waals surface area (Å²) in [5, 5.41) is 8.46. The minimum absolute atomic E-state index is 0.176. The molecule has 0 saturated heterocycles. The van der Waals surface area contributed by atoms with E-state index >= 15 is 0 Å². The fourth-order valence-corrected chi connectivity index (χ4v) is 2.60. The second-order valence-electron chi connectivity index (χ2n) is 2.68. The van der Waals surface area contributed by atoms with Crippen molar-refractivity contribution < 1.29 is 26.7 Å². The van der Waals surface area contributed by atoms with Crippen LogP contribution < -0.4 is 0 Å². The van der Waals surface area contributed by atoms with Gasteiger partial charge in [-0.05, 0) is 0 Å². The number of hydrogen-bond donors (Lipinski definition) is 1. The first-order valence-corrected chi connectivity index (χ1v) is 6.08. The molecule has 9 heteroatoms. The van der Waals surface area contributed by atoms with Crippen molar-refractivity contribution in [3.63, 3.8) is 0 Å². The summed E-state index contributed by atoms with van der Waals surface area (Å²) in [6.45, 7) is -2.86. The Morgan fingerprint density at radius 2 is 1.87 bits per heavy atom. The highest BCUT2D eigenvalue weighted by Crippen LogP contribution is 2.18. The Labute approximate surface area is 90.7 Å². The van der Waals surface area contributed by atoms with Crippen molar-refractivity contribution in [2.75, 3.05) is 31.3 Å². The van der Waals surface area contributed by atoms with Gasteiger partial charge >= 0.3 is 6.18 Å². The number of aliphatic hydroxyl groups excluding tert-OH is 1. The van der Waals surface area contributed by atoms with E-state index in [1.165, 1.54) is 0 Å². The molecule has 0 unspecified atom stereocenters. The molecule has 0 saturated carbocycles. The summed E-state index contributed by atoms with van der Waals surface area (Å²) in [4.78, 5) is 0. The van der Waals surface area contributed by atoms with Crippen LogP contribution in [0.15, 0.2) is 0 Å². The van der Waals surface area contributed by atoms with Crippen LogP contribution in [0.25, 0.3) is 0 Å². The van der Waals surface area contributed by atoms with Gasteiger partial charge in [-0.3, -0.25) is 0 Å².